The van der Waals surface area contributed by atoms with Gasteiger partial charge in [-0.25, -0.2) is 4.79 Å². The average Bonchev–Trinajstić information content (AvgIpc) is 2.45. The number of carbonyl (C=O) groups is 2. The Kier molecular flexibility index (Phi) is 4.67. The molecule has 1 atom stereocenters. The second-order valence-corrected chi connectivity index (χ2v) is 5.21. The van der Waals surface area contributed by atoms with Gasteiger partial charge in [0.05, 0.1) is 0 Å². The number of ether oxygens (including phenoxy) is 1. The van der Waals surface area contributed by atoms with Gasteiger partial charge in [-0.3, -0.25) is 4.79 Å². The van der Waals surface area contributed by atoms with Crippen molar-refractivity contribution in [2.75, 3.05) is 13.2 Å². The van der Waals surface area contributed by atoms with Gasteiger partial charge >= 0.3 is 5.97 Å². The van der Waals surface area contributed by atoms with Crippen molar-refractivity contribution in [3.05, 3.63) is 23.8 Å². The number of benzene rings is 1. The first kappa shape index (κ1) is 15.2. The lowest BCUT2D eigenvalue weighted by Crippen LogP contribution is -2.44. The number of amides is 1. The van der Waals surface area contributed by atoms with Gasteiger partial charge in [0.2, 0.25) is 0 Å². The highest BCUT2D eigenvalue weighted by Crippen LogP contribution is 2.23. The highest BCUT2D eigenvalue weighted by atomic mass is 16.5. The molecule has 1 fully saturated rings. The molecule has 114 valence electrons. The van der Waals surface area contributed by atoms with Crippen LogP contribution in [0.5, 0.6) is 11.5 Å². The highest BCUT2D eigenvalue weighted by Gasteiger charge is 2.24. The smallest absolute Gasteiger partial charge is 0.342 e. The number of hydrogen-bond acceptors (Lipinski definition) is 5. The molecule has 6 nitrogen and oxygen atoms in total. The summed E-state index contributed by atoms with van der Waals surface area (Å²) < 4.78 is 4.94. The summed E-state index contributed by atoms with van der Waals surface area (Å²) >= 11 is 0. The van der Waals surface area contributed by atoms with Crippen LogP contribution in [0.25, 0.3) is 0 Å². The standard InChI is InChI=1S/C15H19NO5/c1-10-4-2-3-7-16(10)14(19)9-21-15(20)12-6-5-11(17)8-13(12)18/h5-6,8,10,17-18H,2-4,7,9H2,1H3/t10-/m0/s1. The highest BCUT2D eigenvalue weighted by molar-refractivity contribution is 5.94. The number of esters is 1. The van der Waals surface area contributed by atoms with E-state index < -0.39 is 5.97 Å². The lowest BCUT2D eigenvalue weighted by molar-refractivity contribution is -0.137. The second-order valence-electron chi connectivity index (χ2n) is 5.21. The van der Waals surface area contributed by atoms with E-state index in [1.165, 1.54) is 12.1 Å². The molecule has 1 saturated heterocycles. The summed E-state index contributed by atoms with van der Waals surface area (Å²) in [4.78, 5) is 25.6. The van der Waals surface area contributed by atoms with E-state index in [9.17, 15) is 14.7 Å². The van der Waals surface area contributed by atoms with Crippen LogP contribution >= 0.6 is 0 Å². The average molecular weight is 293 g/mol. The molecule has 1 aliphatic heterocycles. The van der Waals surface area contributed by atoms with Gasteiger partial charge in [-0.15, -0.1) is 0 Å². The number of carbonyl (C=O) groups excluding carboxylic acids is 2. The molecule has 21 heavy (non-hydrogen) atoms. The van der Waals surface area contributed by atoms with E-state index in [1.807, 2.05) is 6.92 Å². The molecule has 0 unspecified atom stereocenters. The summed E-state index contributed by atoms with van der Waals surface area (Å²) in [5.74, 6) is -1.54. The minimum absolute atomic E-state index is 0.0766. The topological polar surface area (TPSA) is 87.1 Å². The molecular weight excluding hydrogens is 274 g/mol. The maximum Gasteiger partial charge on any atom is 0.342 e. The summed E-state index contributed by atoms with van der Waals surface area (Å²) in [5.41, 5.74) is -0.0766. The third-order valence-electron chi connectivity index (χ3n) is 3.65. The van der Waals surface area contributed by atoms with E-state index in [2.05, 4.69) is 0 Å². The fourth-order valence-corrected chi connectivity index (χ4v) is 2.45. The number of phenols is 2. The Labute approximate surface area is 122 Å². The first-order valence-electron chi connectivity index (χ1n) is 6.97. The number of piperidine rings is 1. The van der Waals surface area contributed by atoms with E-state index >= 15 is 0 Å². The van der Waals surface area contributed by atoms with Crippen LogP contribution in [-0.2, 0) is 9.53 Å². The fraction of sp³-hybridized carbons (Fsp3) is 0.467. The van der Waals surface area contributed by atoms with Crippen LogP contribution in [0.4, 0.5) is 0 Å². The SMILES string of the molecule is C[C@H]1CCCCN1C(=O)COC(=O)c1ccc(O)cc1O. The lowest BCUT2D eigenvalue weighted by Gasteiger charge is -2.33. The molecule has 6 heteroatoms. The molecule has 0 spiro atoms. The zero-order valence-corrected chi connectivity index (χ0v) is 11.9. The third-order valence-corrected chi connectivity index (χ3v) is 3.65. The number of hydrogen-bond donors (Lipinski definition) is 2. The molecule has 2 N–H and O–H groups in total. The molecular formula is C15H19NO5. The van der Waals surface area contributed by atoms with Crippen molar-refractivity contribution < 1.29 is 24.5 Å². The zero-order valence-electron chi connectivity index (χ0n) is 11.9. The van der Waals surface area contributed by atoms with Gasteiger partial charge in [0.15, 0.2) is 6.61 Å². The quantitative estimate of drug-likeness (QED) is 0.828. The van der Waals surface area contributed by atoms with Crippen LogP contribution in [0.2, 0.25) is 0 Å². The molecule has 0 bridgehead atoms. The van der Waals surface area contributed by atoms with E-state index in [1.54, 1.807) is 4.90 Å². The van der Waals surface area contributed by atoms with E-state index in [0.717, 1.165) is 25.3 Å². The van der Waals surface area contributed by atoms with Gasteiger partial charge in [-0.05, 0) is 38.3 Å². The second kappa shape index (κ2) is 6.47. The minimum atomic E-state index is -0.787. The van der Waals surface area contributed by atoms with Gasteiger partial charge in [0.25, 0.3) is 5.91 Å². The van der Waals surface area contributed by atoms with Crippen molar-refractivity contribution in [3.8, 4) is 11.5 Å². The summed E-state index contributed by atoms with van der Waals surface area (Å²) in [6, 6.07) is 3.73. The first-order chi connectivity index (χ1) is 9.99. The Morgan fingerprint density at radius 2 is 2.10 bits per heavy atom. The maximum atomic E-state index is 12.0. The maximum absolute atomic E-state index is 12.0. The zero-order chi connectivity index (χ0) is 15.4. The monoisotopic (exact) mass is 293 g/mol. The molecule has 1 aromatic rings. The Balaban J connectivity index is 1.92. The van der Waals surface area contributed by atoms with Gasteiger partial charge in [0.1, 0.15) is 17.1 Å². The molecule has 1 aliphatic rings. The predicted molar refractivity (Wildman–Crippen MR) is 75.1 cm³/mol. The number of likely N-dealkylation sites (tertiary alicyclic amines) is 1. The molecule has 1 amide bonds. The summed E-state index contributed by atoms with van der Waals surface area (Å²) in [5, 5.41) is 18.7. The van der Waals surface area contributed by atoms with Gasteiger partial charge in [0, 0.05) is 18.7 Å². The van der Waals surface area contributed by atoms with E-state index in [4.69, 9.17) is 9.84 Å². The van der Waals surface area contributed by atoms with Gasteiger partial charge in [-0.2, -0.15) is 0 Å². The summed E-state index contributed by atoms with van der Waals surface area (Å²) in [7, 11) is 0. The Morgan fingerprint density at radius 3 is 2.76 bits per heavy atom. The number of phenolic OH excluding ortho intramolecular Hbond substituents is 2. The van der Waals surface area contributed by atoms with Gasteiger partial charge in [-0.1, -0.05) is 0 Å². The molecule has 2 rings (SSSR count). The Hall–Kier alpha value is -2.24. The lowest BCUT2D eigenvalue weighted by atomic mass is 10.0. The van der Waals surface area contributed by atoms with E-state index in [-0.39, 0.29) is 35.6 Å². The number of rotatable bonds is 3. The largest absolute Gasteiger partial charge is 0.508 e. The van der Waals surface area contributed by atoms with Crippen molar-refractivity contribution in [1.29, 1.82) is 0 Å². The van der Waals surface area contributed by atoms with Crippen LogP contribution in [0.15, 0.2) is 18.2 Å². The van der Waals surface area contributed by atoms with Crippen molar-refractivity contribution >= 4 is 11.9 Å². The first-order valence-corrected chi connectivity index (χ1v) is 6.97. The molecule has 1 heterocycles. The summed E-state index contributed by atoms with van der Waals surface area (Å²) in [6.45, 7) is 2.32. The van der Waals surface area contributed by atoms with Crippen LogP contribution in [0.1, 0.15) is 36.5 Å². The van der Waals surface area contributed by atoms with Crippen molar-refractivity contribution in [2.24, 2.45) is 0 Å². The fourth-order valence-electron chi connectivity index (χ4n) is 2.45. The van der Waals surface area contributed by atoms with Crippen LogP contribution < -0.4 is 0 Å². The summed E-state index contributed by atoms with van der Waals surface area (Å²) in [6.07, 6.45) is 3.02. The normalized spacial score (nSPS) is 18.3. The van der Waals surface area contributed by atoms with Crippen LogP contribution in [-0.4, -0.2) is 46.2 Å². The Morgan fingerprint density at radius 1 is 1.33 bits per heavy atom. The molecule has 0 radical (unpaired) electrons. The molecule has 0 saturated carbocycles. The van der Waals surface area contributed by atoms with E-state index in [0.29, 0.717) is 6.54 Å². The van der Waals surface area contributed by atoms with Crippen molar-refractivity contribution in [2.45, 2.75) is 32.2 Å². The Bertz CT molecular complexity index is 543. The number of nitrogens with zero attached hydrogens (tertiary/aromatic N) is 1. The van der Waals surface area contributed by atoms with Crippen molar-refractivity contribution in [1.82, 2.24) is 4.90 Å². The van der Waals surface area contributed by atoms with Gasteiger partial charge < -0.3 is 19.8 Å². The molecule has 0 aliphatic carbocycles. The number of aromatic hydroxyl groups is 2. The minimum Gasteiger partial charge on any atom is -0.508 e. The third kappa shape index (κ3) is 3.65. The predicted octanol–water partition coefficient (Wildman–Crippen LogP) is 1.66. The van der Waals surface area contributed by atoms with Crippen LogP contribution in [0.3, 0.4) is 0 Å². The molecule has 0 aromatic heterocycles. The van der Waals surface area contributed by atoms with Crippen LogP contribution in [0, 0.1) is 0 Å². The molecule has 1 aromatic carbocycles. The van der Waals surface area contributed by atoms with Crippen molar-refractivity contribution in [3.63, 3.8) is 0 Å².